The first-order chi connectivity index (χ1) is 10.5. The molecular formula is C14H16N4O4. The Morgan fingerprint density at radius 2 is 2.05 bits per heavy atom. The normalized spacial score (nSPS) is 16.1. The van der Waals surface area contributed by atoms with Gasteiger partial charge in [0.1, 0.15) is 0 Å². The largest absolute Gasteiger partial charge is 0.343 e. The summed E-state index contributed by atoms with van der Waals surface area (Å²) in [5, 5.41) is 13.6. The van der Waals surface area contributed by atoms with E-state index in [1.54, 1.807) is 4.90 Å². The number of piperidine rings is 1. The molecule has 0 radical (unpaired) electrons. The molecule has 0 bridgehead atoms. The number of aromatic amines is 1. The van der Waals surface area contributed by atoms with Gasteiger partial charge in [0.05, 0.1) is 15.8 Å². The molecule has 1 aliphatic heterocycles. The van der Waals surface area contributed by atoms with Crippen LogP contribution in [0, 0.1) is 16.0 Å². The van der Waals surface area contributed by atoms with Gasteiger partial charge in [0.25, 0.3) is 11.2 Å². The lowest BCUT2D eigenvalue weighted by Gasteiger charge is -2.30. The average molecular weight is 304 g/mol. The number of hydrogen-bond donors (Lipinski definition) is 1. The molecular weight excluding hydrogens is 288 g/mol. The number of rotatable bonds is 1. The van der Waals surface area contributed by atoms with Crippen molar-refractivity contribution in [2.45, 2.75) is 19.8 Å². The van der Waals surface area contributed by atoms with Crippen LogP contribution in [0.3, 0.4) is 0 Å². The minimum absolute atomic E-state index is 0.152. The lowest BCUT2D eigenvalue weighted by Crippen LogP contribution is -2.41. The Balaban J connectivity index is 2.02. The van der Waals surface area contributed by atoms with Crippen LogP contribution in [0.1, 0.15) is 19.8 Å². The number of carbonyl (C=O) groups excluding carboxylic acids is 1. The molecule has 0 aliphatic carbocycles. The maximum absolute atomic E-state index is 12.6. The molecule has 8 nitrogen and oxygen atoms in total. The zero-order valence-electron chi connectivity index (χ0n) is 12.1. The van der Waals surface area contributed by atoms with Gasteiger partial charge >= 0.3 is 6.03 Å². The summed E-state index contributed by atoms with van der Waals surface area (Å²) < 4.78 is 1.11. The summed E-state index contributed by atoms with van der Waals surface area (Å²) >= 11 is 0. The highest BCUT2D eigenvalue weighted by atomic mass is 16.6. The molecule has 1 aromatic carbocycles. The molecule has 1 fully saturated rings. The molecule has 2 aromatic rings. The van der Waals surface area contributed by atoms with E-state index in [0.29, 0.717) is 19.0 Å². The molecule has 1 amide bonds. The second-order valence-electron chi connectivity index (χ2n) is 5.69. The van der Waals surface area contributed by atoms with Gasteiger partial charge in [0.15, 0.2) is 0 Å². The van der Waals surface area contributed by atoms with Crippen LogP contribution in [0.5, 0.6) is 0 Å². The summed E-state index contributed by atoms with van der Waals surface area (Å²) in [6, 6.07) is 3.53. The standard InChI is InChI=1S/C14H16N4O4/c1-9-4-6-16(7-5-9)14(20)17-12-8-10(18(21)22)2-3-11(12)13(19)15-17/h2-3,8-9H,4-7H2,1H3,(H,15,19). The minimum Gasteiger partial charge on any atom is -0.323 e. The Bertz CT molecular complexity index is 799. The topological polar surface area (TPSA) is 101 Å². The second-order valence-corrected chi connectivity index (χ2v) is 5.69. The molecule has 3 rings (SSSR count). The van der Waals surface area contributed by atoms with Crippen molar-refractivity contribution in [2.24, 2.45) is 5.92 Å². The number of nitrogens with zero attached hydrogens (tertiary/aromatic N) is 3. The number of fused-ring (bicyclic) bond motifs is 1. The zero-order chi connectivity index (χ0) is 15.9. The molecule has 1 saturated heterocycles. The number of H-pyrrole nitrogens is 1. The van der Waals surface area contributed by atoms with Gasteiger partial charge in [-0.2, -0.15) is 0 Å². The van der Waals surface area contributed by atoms with Crippen LogP contribution >= 0.6 is 0 Å². The van der Waals surface area contributed by atoms with Crippen LogP contribution in [-0.4, -0.2) is 38.7 Å². The summed E-state index contributed by atoms with van der Waals surface area (Å²) in [5.41, 5.74) is -0.341. The van der Waals surface area contributed by atoms with Crippen molar-refractivity contribution in [3.63, 3.8) is 0 Å². The number of nitro benzene ring substituents is 1. The van der Waals surface area contributed by atoms with Crippen molar-refractivity contribution < 1.29 is 9.72 Å². The second kappa shape index (κ2) is 5.28. The predicted molar refractivity (Wildman–Crippen MR) is 80.0 cm³/mol. The molecule has 0 spiro atoms. The van der Waals surface area contributed by atoms with Crippen molar-refractivity contribution in [2.75, 3.05) is 13.1 Å². The van der Waals surface area contributed by atoms with Gasteiger partial charge in [-0.25, -0.2) is 9.48 Å². The molecule has 0 saturated carbocycles. The Labute approximate surface area is 125 Å². The fraction of sp³-hybridized carbons (Fsp3) is 0.429. The van der Waals surface area contributed by atoms with Crippen LogP contribution < -0.4 is 5.56 Å². The van der Waals surface area contributed by atoms with Crippen molar-refractivity contribution in [1.29, 1.82) is 0 Å². The van der Waals surface area contributed by atoms with E-state index >= 15 is 0 Å². The van der Waals surface area contributed by atoms with Crippen LogP contribution in [0.25, 0.3) is 10.9 Å². The molecule has 1 aromatic heterocycles. The number of nitrogens with one attached hydrogen (secondary N) is 1. The number of amides is 1. The SMILES string of the molecule is CC1CCN(C(=O)n2[nH]c(=O)c3ccc([N+](=O)[O-])cc32)CC1. The summed E-state index contributed by atoms with van der Waals surface area (Å²) in [6.07, 6.45) is 1.82. The van der Waals surface area contributed by atoms with Crippen molar-refractivity contribution in [3.8, 4) is 0 Å². The Morgan fingerprint density at radius 1 is 1.36 bits per heavy atom. The molecule has 1 N–H and O–H groups in total. The van der Waals surface area contributed by atoms with E-state index in [2.05, 4.69) is 12.0 Å². The van der Waals surface area contributed by atoms with Crippen molar-refractivity contribution >= 4 is 22.6 Å². The predicted octanol–water partition coefficient (Wildman–Crippen LogP) is 1.94. The molecule has 116 valence electrons. The third kappa shape index (κ3) is 2.36. The van der Waals surface area contributed by atoms with E-state index in [-0.39, 0.29) is 22.6 Å². The van der Waals surface area contributed by atoms with Crippen LogP contribution in [0.15, 0.2) is 23.0 Å². The monoisotopic (exact) mass is 304 g/mol. The van der Waals surface area contributed by atoms with Crippen molar-refractivity contribution in [1.82, 2.24) is 14.7 Å². The Hall–Kier alpha value is -2.64. The third-order valence-corrected chi connectivity index (χ3v) is 4.14. The lowest BCUT2D eigenvalue weighted by molar-refractivity contribution is -0.384. The molecule has 2 heterocycles. The van der Waals surface area contributed by atoms with E-state index in [1.165, 1.54) is 18.2 Å². The number of nitro groups is 1. The van der Waals surface area contributed by atoms with Gasteiger partial charge in [-0.15, -0.1) is 0 Å². The molecule has 1 aliphatic rings. The van der Waals surface area contributed by atoms with Gasteiger partial charge in [0, 0.05) is 25.2 Å². The minimum atomic E-state index is -0.547. The Morgan fingerprint density at radius 3 is 2.68 bits per heavy atom. The van der Waals surface area contributed by atoms with Gasteiger partial charge in [-0.05, 0) is 24.8 Å². The maximum Gasteiger partial charge on any atom is 0.343 e. The highest BCUT2D eigenvalue weighted by molar-refractivity contribution is 5.90. The van der Waals surface area contributed by atoms with Gasteiger partial charge in [0.2, 0.25) is 0 Å². The number of benzene rings is 1. The number of carbonyl (C=O) groups is 1. The lowest BCUT2D eigenvalue weighted by atomic mass is 10.00. The fourth-order valence-corrected chi connectivity index (χ4v) is 2.72. The zero-order valence-corrected chi connectivity index (χ0v) is 12.1. The molecule has 8 heteroatoms. The van der Waals surface area contributed by atoms with E-state index in [9.17, 15) is 19.7 Å². The van der Waals surface area contributed by atoms with E-state index in [0.717, 1.165) is 17.5 Å². The Kier molecular flexibility index (Phi) is 3.44. The van der Waals surface area contributed by atoms with Crippen molar-refractivity contribution in [3.05, 3.63) is 38.7 Å². The first-order valence-corrected chi connectivity index (χ1v) is 7.16. The summed E-state index contributed by atoms with van der Waals surface area (Å²) in [6.45, 7) is 3.38. The van der Waals surface area contributed by atoms with Gasteiger partial charge in [-0.3, -0.25) is 20.0 Å². The highest BCUT2D eigenvalue weighted by Gasteiger charge is 2.24. The van der Waals surface area contributed by atoms with E-state index in [4.69, 9.17) is 0 Å². The summed E-state index contributed by atoms with van der Waals surface area (Å²) in [5.74, 6) is 0.575. The first-order valence-electron chi connectivity index (χ1n) is 7.16. The van der Waals surface area contributed by atoms with Crippen LogP contribution in [-0.2, 0) is 0 Å². The number of hydrogen-bond acceptors (Lipinski definition) is 4. The highest BCUT2D eigenvalue weighted by Crippen LogP contribution is 2.21. The van der Waals surface area contributed by atoms with Crippen LogP contribution in [0.2, 0.25) is 0 Å². The summed E-state index contributed by atoms with van der Waals surface area (Å²) in [4.78, 5) is 36.5. The first kappa shape index (κ1) is 14.3. The quantitative estimate of drug-likeness (QED) is 0.642. The van der Waals surface area contributed by atoms with E-state index < -0.39 is 10.5 Å². The summed E-state index contributed by atoms with van der Waals surface area (Å²) in [7, 11) is 0. The van der Waals surface area contributed by atoms with E-state index in [1.807, 2.05) is 0 Å². The smallest absolute Gasteiger partial charge is 0.323 e. The molecule has 0 atom stereocenters. The maximum atomic E-state index is 12.6. The third-order valence-electron chi connectivity index (χ3n) is 4.14. The number of non-ortho nitro benzene ring substituents is 1. The molecule has 0 unspecified atom stereocenters. The van der Waals surface area contributed by atoms with Crippen LogP contribution in [0.4, 0.5) is 10.5 Å². The fourth-order valence-electron chi connectivity index (χ4n) is 2.72. The van der Waals surface area contributed by atoms with Gasteiger partial charge < -0.3 is 4.90 Å². The van der Waals surface area contributed by atoms with Gasteiger partial charge in [-0.1, -0.05) is 6.92 Å². The number of aromatic nitrogens is 2. The molecule has 22 heavy (non-hydrogen) atoms. The average Bonchev–Trinajstić information content (AvgIpc) is 2.84. The number of likely N-dealkylation sites (tertiary alicyclic amines) is 1.